The Labute approximate surface area is 114 Å². The second-order valence-electron chi connectivity index (χ2n) is 4.69. The van der Waals surface area contributed by atoms with E-state index in [-0.39, 0.29) is 12.5 Å². The largest absolute Gasteiger partial charge is 0.396 e. The number of benzene rings is 1. The van der Waals surface area contributed by atoms with Crippen LogP contribution in [0.3, 0.4) is 0 Å². The number of carbonyl (C=O) groups is 1. The van der Waals surface area contributed by atoms with Gasteiger partial charge in [0, 0.05) is 25.8 Å². The molecule has 1 amide bonds. The summed E-state index contributed by atoms with van der Waals surface area (Å²) < 4.78 is 0. The van der Waals surface area contributed by atoms with Crippen molar-refractivity contribution in [1.82, 2.24) is 4.90 Å². The number of aliphatic hydroxyl groups excluding tert-OH is 1. The molecule has 1 rings (SSSR count). The highest BCUT2D eigenvalue weighted by molar-refractivity contribution is 5.94. The van der Waals surface area contributed by atoms with Crippen molar-refractivity contribution in [3.05, 3.63) is 29.3 Å². The summed E-state index contributed by atoms with van der Waals surface area (Å²) in [5, 5.41) is 8.70. The molecule has 0 aliphatic heterocycles. The normalized spacial score (nSPS) is 10.3. The van der Waals surface area contributed by atoms with Crippen molar-refractivity contribution >= 4 is 11.6 Å². The fourth-order valence-electron chi connectivity index (χ4n) is 1.92. The number of nitrogens with one attached hydrogen (secondary N) is 1. The number of carbonyl (C=O) groups excluding carboxylic acids is 1. The zero-order valence-corrected chi connectivity index (χ0v) is 11.6. The van der Waals surface area contributed by atoms with Gasteiger partial charge in [-0.2, -0.15) is 0 Å². The van der Waals surface area contributed by atoms with Crippen molar-refractivity contribution in [3.63, 3.8) is 0 Å². The Morgan fingerprint density at radius 1 is 1.37 bits per heavy atom. The molecule has 0 unspecified atom stereocenters. The van der Waals surface area contributed by atoms with Crippen LogP contribution in [-0.4, -0.2) is 36.1 Å². The number of aryl methyl sites for hydroxylation is 1. The molecule has 0 bridgehead atoms. The van der Waals surface area contributed by atoms with Crippen LogP contribution in [0.5, 0.6) is 0 Å². The van der Waals surface area contributed by atoms with Crippen LogP contribution in [0, 0.1) is 6.92 Å². The molecule has 19 heavy (non-hydrogen) atoms. The third-order valence-corrected chi connectivity index (χ3v) is 3.13. The zero-order chi connectivity index (χ0) is 14.3. The molecule has 4 N–H and O–H groups in total. The summed E-state index contributed by atoms with van der Waals surface area (Å²) >= 11 is 0. The predicted molar refractivity (Wildman–Crippen MR) is 76.9 cm³/mol. The maximum Gasteiger partial charge on any atom is 0.253 e. The van der Waals surface area contributed by atoms with Gasteiger partial charge in [-0.25, -0.2) is 0 Å². The number of hydrazine groups is 1. The zero-order valence-electron chi connectivity index (χ0n) is 11.6. The van der Waals surface area contributed by atoms with Crippen LogP contribution in [-0.2, 0) is 0 Å². The molecule has 5 heteroatoms. The minimum absolute atomic E-state index is 0.00988. The van der Waals surface area contributed by atoms with Crippen LogP contribution in [0.4, 0.5) is 5.69 Å². The summed E-state index contributed by atoms with van der Waals surface area (Å²) in [4.78, 5) is 13.9. The van der Waals surface area contributed by atoms with Crippen molar-refractivity contribution in [2.24, 2.45) is 5.84 Å². The van der Waals surface area contributed by atoms with Crippen LogP contribution in [0.15, 0.2) is 18.2 Å². The van der Waals surface area contributed by atoms with Crippen LogP contribution in [0.2, 0.25) is 0 Å². The van der Waals surface area contributed by atoms with Gasteiger partial charge >= 0.3 is 0 Å². The van der Waals surface area contributed by atoms with E-state index in [1.54, 1.807) is 18.0 Å². The topological polar surface area (TPSA) is 78.6 Å². The summed E-state index contributed by atoms with van der Waals surface area (Å²) in [5.74, 6) is 5.37. The van der Waals surface area contributed by atoms with Gasteiger partial charge in [0.25, 0.3) is 5.91 Å². The van der Waals surface area contributed by atoms with Crippen LogP contribution in [0.25, 0.3) is 0 Å². The Balaban J connectivity index is 2.59. The average Bonchev–Trinajstić information content (AvgIpc) is 2.42. The summed E-state index contributed by atoms with van der Waals surface area (Å²) in [6.07, 6.45) is 2.63. The van der Waals surface area contributed by atoms with E-state index in [0.29, 0.717) is 12.1 Å². The molecule has 0 heterocycles. The van der Waals surface area contributed by atoms with Gasteiger partial charge in [-0.3, -0.25) is 10.6 Å². The molecule has 5 nitrogen and oxygen atoms in total. The summed E-state index contributed by atoms with van der Waals surface area (Å²) in [6.45, 7) is 2.83. The monoisotopic (exact) mass is 265 g/mol. The van der Waals surface area contributed by atoms with Gasteiger partial charge in [0.15, 0.2) is 0 Å². The molecule has 0 atom stereocenters. The molecule has 0 saturated heterocycles. The molecular weight excluding hydrogens is 242 g/mol. The molecule has 0 aliphatic rings. The van der Waals surface area contributed by atoms with Crippen molar-refractivity contribution in [2.45, 2.75) is 26.2 Å². The molecule has 0 aliphatic carbocycles. The first-order valence-corrected chi connectivity index (χ1v) is 6.53. The highest BCUT2D eigenvalue weighted by Gasteiger charge is 2.12. The lowest BCUT2D eigenvalue weighted by Crippen LogP contribution is -2.27. The van der Waals surface area contributed by atoms with Crippen molar-refractivity contribution in [1.29, 1.82) is 0 Å². The molecule has 0 radical (unpaired) electrons. The number of aliphatic hydroxyl groups is 1. The summed E-state index contributed by atoms with van der Waals surface area (Å²) in [5.41, 5.74) is 5.03. The first kappa shape index (κ1) is 15.5. The van der Waals surface area contributed by atoms with E-state index in [9.17, 15) is 4.79 Å². The molecule has 106 valence electrons. The number of nitrogens with two attached hydrogens (primary N) is 1. The molecule has 0 saturated carbocycles. The maximum absolute atomic E-state index is 12.2. The van der Waals surface area contributed by atoms with E-state index in [4.69, 9.17) is 10.9 Å². The van der Waals surface area contributed by atoms with E-state index < -0.39 is 0 Å². The highest BCUT2D eigenvalue weighted by Crippen LogP contribution is 2.16. The quantitative estimate of drug-likeness (QED) is 0.397. The van der Waals surface area contributed by atoms with E-state index in [1.807, 2.05) is 19.1 Å². The Morgan fingerprint density at radius 3 is 2.68 bits per heavy atom. The SMILES string of the molecule is Cc1cc(C(=O)N(C)CCCCCO)ccc1NN. The van der Waals surface area contributed by atoms with Gasteiger partial charge in [-0.15, -0.1) is 0 Å². The standard InChI is InChI=1S/C14H23N3O2/c1-11-10-12(6-7-13(11)16-15)14(19)17(2)8-4-3-5-9-18/h6-7,10,16,18H,3-5,8-9,15H2,1-2H3. The number of hydrogen-bond donors (Lipinski definition) is 3. The van der Waals surface area contributed by atoms with Crippen molar-refractivity contribution in [3.8, 4) is 0 Å². The number of nitrogens with zero attached hydrogens (tertiary/aromatic N) is 1. The predicted octanol–water partition coefficient (Wildman–Crippen LogP) is 1.52. The molecule has 0 aromatic heterocycles. The van der Waals surface area contributed by atoms with Crippen molar-refractivity contribution in [2.75, 3.05) is 25.6 Å². The molecule has 0 spiro atoms. The van der Waals surface area contributed by atoms with Gasteiger partial charge < -0.3 is 15.4 Å². The molecule has 0 fully saturated rings. The van der Waals surface area contributed by atoms with Gasteiger partial charge in [-0.1, -0.05) is 0 Å². The van der Waals surface area contributed by atoms with Gasteiger partial charge in [0.1, 0.15) is 0 Å². The van der Waals surface area contributed by atoms with E-state index in [0.717, 1.165) is 30.5 Å². The van der Waals surface area contributed by atoms with E-state index >= 15 is 0 Å². The molecule has 1 aromatic rings. The lowest BCUT2D eigenvalue weighted by Gasteiger charge is -2.18. The lowest BCUT2D eigenvalue weighted by atomic mass is 10.1. The number of nitrogen functional groups attached to an aromatic ring is 1. The second kappa shape index (κ2) is 7.76. The highest BCUT2D eigenvalue weighted by atomic mass is 16.2. The van der Waals surface area contributed by atoms with Crippen molar-refractivity contribution < 1.29 is 9.90 Å². The Hall–Kier alpha value is -1.59. The number of unbranched alkanes of at least 4 members (excludes halogenated alkanes) is 2. The Bertz CT molecular complexity index is 421. The van der Waals surface area contributed by atoms with Crippen LogP contribution < -0.4 is 11.3 Å². The number of rotatable bonds is 7. The van der Waals surface area contributed by atoms with Gasteiger partial charge in [0.2, 0.25) is 0 Å². The average molecular weight is 265 g/mol. The molecular formula is C14H23N3O2. The lowest BCUT2D eigenvalue weighted by molar-refractivity contribution is 0.0792. The van der Waals surface area contributed by atoms with Gasteiger partial charge in [-0.05, 0) is 49.9 Å². The third-order valence-electron chi connectivity index (χ3n) is 3.13. The summed E-state index contributed by atoms with van der Waals surface area (Å²) in [7, 11) is 1.80. The number of hydrogen-bond acceptors (Lipinski definition) is 4. The fraction of sp³-hybridized carbons (Fsp3) is 0.500. The van der Waals surface area contributed by atoms with E-state index in [1.165, 1.54) is 0 Å². The van der Waals surface area contributed by atoms with Crippen LogP contribution >= 0.6 is 0 Å². The molecule has 1 aromatic carbocycles. The Morgan fingerprint density at radius 2 is 2.11 bits per heavy atom. The smallest absolute Gasteiger partial charge is 0.253 e. The third kappa shape index (κ3) is 4.54. The maximum atomic E-state index is 12.2. The first-order chi connectivity index (χ1) is 9.10. The Kier molecular flexibility index (Phi) is 6.32. The van der Waals surface area contributed by atoms with Crippen LogP contribution in [0.1, 0.15) is 35.2 Å². The minimum atomic E-state index is 0.00988. The summed E-state index contributed by atoms with van der Waals surface area (Å²) in [6, 6.07) is 5.42. The van der Waals surface area contributed by atoms with Gasteiger partial charge in [0.05, 0.1) is 5.69 Å². The second-order valence-corrected chi connectivity index (χ2v) is 4.69. The minimum Gasteiger partial charge on any atom is -0.396 e. The number of anilines is 1. The number of amides is 1. The fourth-order valence-corrected chi connectivity index (χ4v) is 1.92. The first-order valence-electron chi connectivity index (χ1n) is 6.53. The van der Waals surface area contributed by atoms with E-state index in [2.05, 4.69) is 5.43 Å².